The number of hydrogen-bond acceptors (Lipinski definition) is 4. The summed E-state index contributed by atoms with van der Waals surface area (Å²) in [6.45, 7) is 9.27. The lowest BCUT2D eigenvalue weighted by molar-refractivity contribution is -0.133. The summed E-state index contributed by atoms with van der Waals surface area (Å²) in [6, 6.07) is 14.0. The Morgan fingerprint density at radius 1 is 1.26 bits per heavy atom. The van der Waals surface area contributed by atoms with E-state index in [1.54, 1.807) is 6.20 Å². The molecule has 1 aromatic heterocycles. The van der Waals surface area contributed by atoms with E-state index in [9.17, 15) is 4.79 Å². The van der Waals surface area contributed by atoms with Gasteiger partial charge in [-0.15, -0.1) is 0 Å². The fourth-order valence-electron chi connectivity index (χ4n) is 3.46. The van der Waals surface area contributed by atoms with Crippen LogP contribution in [-0.2, 0) is 17.9 Å². The summed E-state index contributed by atoms with van der Waals surface area (Å²) < 4.78 is 5.79. The van der Waals surface area contributed by atoms with Crippen molar-refractivity contribution in [3.8, 4) is 5.75 Å². The maximum absolute atomic E-state index is 12.2. The van der Waals surface area contributed by atoms with Crippen molar-refractivity contribution in [2.75, 3.05) is 19.6 Å². The quantitative estimate of drug-likeness (QED) is 0.504. The second-order valence-corrected chi connectivity index (χ2v) is 8.02. The number of aliphatic imine (C=N–C) groups is 1. The maximum Gasteiger partial charge on any atom is 0.225 e. The second kappa shape index (κ2) is 11.3. The summed E-state index contributed by atoms with van der Waals surface area (Å²) in [5.41, 5.74) is 2.00. The van der Waals surface area contributed by atoms with Gasteiger partial charge in [-0.2, -0.15) is 0 Å². The van der Waals surface area contributed by atoms with Crippen LogP contribution in [0.4, 0.5) is 0 Å². The number of amides is 1. The summed E-state index contributed by atoms with van der Waals surface area (Å²) in [7, 11) is 0. The van der Waals surface area contributed by atoms with Crippen LogP contribution < -0.4 is 15.4 Å². The van der Waals surface area contributed by atoms with E-state index in [2.05, 4.69) is 15.6 Å². The molecule has 2 heterocycles. The first-order chi connectivity index (χ1) is 15.0. The minimum Gasteiger partial charge on any atom is -0.487 e. The first-order valence-electron chi connectivity index (χ1n) is 11.0. The Bertz CT molecular complexity index is 852. The van der Waals surface area contributed by atoms with Gasteiger partial charge in [0.25, 0.3) is 0 Å². The van der Waals surface area contributed by atoms with Gasteiger partial charge in [-0.1, -0.05) is 32.0 Å². The van der Waals surface area contributed by atoms with E-state index in [1.807, 2.05) is 68.1 Å². The van der Waals surface area contributed by atoms with E-state index in [1.165, 1.54) is 0 Å². The van der Waals surface area contributed by atoms with Crippen molar-refractivity contribution in [3.63, 3.8) is 0 Å². The average molecular weight is 424 g/mol. The highest BCUT2D eigenvalue weighted by Crippen LogP contribution is 2.15. The molecule has 1 fully saturated rings. The van der Waals surface area contributed by atoms with Crippen LogP contribution in [0, 0.1) is 5.92 Å². The highest BCUT2D eigenvalue weighted by atomic mass is 16.5. The van der Waals surface area contributed by atoms with E-state index in [0.717, 1.165) is 49.0 Å². The molecule has 1 aliphatic heterocycles. The third kappa shape index (κ3) is 6.98. The van der Waals surface area contributed by atoms with Crippen LogP contribution in [0.1, 0.15) is 38.4 Å². The number of carbonyl (C=O) groups is 1. The molecular formula is C24H33N5O2. The molecule has 2 N–H and O–H groups in total. The van der Waals surface area contributed by atoms with Crippen LogP contribution in [0.3, 0.4) is 0 Å². The SMILES string of the molecule is CCNC(=NCc1ccc(OCc2ccccn2)cc1)NC1CCN(C(=O)C(C)C)C1. The Hall–Kier alpha value is -3.09. The van der Waals surface area contributed by atoms with E-state index in [4.69, 9.17) is 9.73 Å². The van der Waals surface area contributed by atoms with Crippen molar-refractivity contribution in [1.82, 2.24) is 20.5 Å². The molecule has 7 nitrogen and oxygen atoms in total. The summed E-state index contributed by atoms with van der Waals surface area (Å²) in [4.78, 5) is 23.1. The van der Waals surface area contributed by atoms with Gasteiger partial charge in [0.15, 0.2) is 5.96 Å². The van der Waals surface area contributed by atoms with Gasteiger partial charge in [0.2, 0.25) is 5.91 Å². The topological polar surface area (TPSA) is 78.9 Å². The van der Waals surface area contributed by atoms with Crippen LogP contribution in [0.15, 0.2) is 53.7 Å². The second-order valence-electron chi connectivity index (χ2n) is 8.02. The predicted molar refractivity (Wildman–Crippen MR) is 123 cm³/mol. The van der Waals surface area contributed by atoms with E-state index in [-0.39, 0.29) is 17.9 Å². The highest BCUT2D eigenvalue weighted by Gasteiger charge is 2.27. The minimum absolute atomic E-state index is 0.0385. The molecule has 0 spiro atoms. The van der Waals surface area contributed by atoms with Crippen molar-refractivity contribution in [3.05, 3.63) is 59.9 Å². The first-order valence-corrected chi connectivity index (χ1v) is 11.0. The zero-order valence-corrected chi connectivity index (χ0v) is 18.7. The molecule has 0 aliphatic carbocycles. The molecular weight excluding hydrogens is 390 g/mol. The number of guanidine groups is 1. The average Bonchev–Trinajstić information content (AvgIpc) is 3.25. The molecule has 31 heavy (non-hydrogen) atoms. The van der Waals surface area contributed by atoms with Gasteiger partial charge in [0.05, 0.1) is 12.2 Å². The molecule has 0 saturated carbocycles. The summed E-state index contributed by atoms with van der Waals surface area (Å²) in [6.07, 6.45) is 2.70. The number of rotatable bonds is 8. The molecule has 166 valence electrons. The molecule has 1 aliphatic rings. The fourth-order valence-corrected chi connectivity index (χ4v) is 3.46. The van der Waals surface area contributed by atoms with Gasteiger partial charge >= 0.3 is 0 Å². The molecule has 1 amide bonds. The lowest BCUT2D eigenvalue weighted by atomic mass is 10.2. The van der Waals surface area contributed by atoms with Gasteiger partial charge in [-0.25, -0.2) is 4.99 Å². The molecule has 1 aromatic carbocycles. The smallest absolute Gasteiger partial charge is 0.225 e. The number of nitrogens with one attached hydrogen (secondary N) is 2. The Morgan fingerprint density at radius 2 is 2.06 bits per heavy atom. The van der Waals surface area contributed by atoms with Crippen molar-refractivity contribution in [2.24, 2.45) is 10.9 Å². The summed E-state index contributed by atoms with van der Waals surface area (Å²) in [5, 5.41) is 6.77. The Balaban J connectivity index is 1.51. The van der Waals surface area contributed by atoms with Gasteiger partial charge in [-0.3, -0.25) is 9.78 Å². The van der Waals surface area contributed by atoms with E-state index < -0.39 is 0 Å². The largest absolute Gasteiger partial charge is 0.487 e. The van der Waals surface area contributed by atoms with Gasteiger partial charge in [0, 0.05) is 37.8 Å². The Labute approximate surface area is 184 Å². The number of nitrogens with zero attached hydrogens (tertiary/aromatic N) is 3. The zero-order valence-electron chi connectivity index (χ0n) is 18.7. The standard InChI is InChI=1S/C24H33N5O2/c1-4-25-24(28-20-12-14-29(16-20)23(30)18(2)3)27-15-19-8-10-22(11-9-19)31-17-21-7-5-6-13-26-21/h5-11,13,18,20H,4,12,14-17H2,1-3H3,(H2,25,27,28). The summed E-state index contributed by atoms with van der Waals surface area (Å²) >= 11 is 0. The molecule has 0 bridgehead atoms. The first kappa shape index (κ1) is 22.6. The number of pyridine rings is 1. The van der Waals surface area contributed by atoms with E-state index in [0.29, 0.717) is 13.2 Å². The molecule has 1 unspecified atom stereocenters. The van der Waals surface area contributed by atoms with Crippen LogP contribution in [0.25, 0.3) is 0 Å². The Kier molecular flexibility index (Phi) is 8.27. The zero-order chi connectivity index (χ0) is 22.1. The third-order valence-corrected chi connectivity index (χ3v) is 5.13. The number of carbonyl (C=O) groups excluding carboxylic acids is 1. The normalized spacial score (nSPS) is 16.5. The number of likely N-dealkylation sites (tertiary alicyclic amines) is 1. The van der Waals surface area contributed by atoms with Crippen LogP contribution >= 0.6 is 0 Å². The Morgan fingerprint density at radius 3 is 2.74 bits per heavy atom. The van der Waals surface area contributed by atoms with Crippen LogP contribution in [0.2, 0.25) is 0 Å². The van der Waals surface area contributed by atoms with Crippen LogP contribution in [0.5, 0.6) is 5.75 Å². The molecule has 7 heteroatoms. The summed E-state index contributed by atoms with van der Waals surface area (Å²) in [5.74, 6) is 1.85. The van der Waals surface area contributed by atoms with Gasteiger partial charge in [0.1, 0.15) is 12.4 Å². The highest BCUT2D eigenvalue weighted by molar-refractivity contribution is 5.81. The maximum atomic E-state index is 12.2. The monoisotopic (exact) mass is 423 g/mol. The molecule has 1 atom stereocenters. The fraction of sp³-hybridized carbons (Fsp3) is 0.458. The van der Waals surface area contributed by atoms with Crippen molar-refractivity contribution < 1.29 is 9.53 Å². The predicted octanol–water partition coefficient (Wildman–Crippen LogP) is 2.97. The third-order valence-electron chi connectivity index (χ3n) is 5.13. The number of ether oxygens (including phenoxy) is 1. The lowest BCUT2D eigenvalue weighted by Crippen LogP contribution is -2.45. The molecule has 1 saturated heterocycles. The van der Waals surface area contributed by atoms with Gasteiger partial charge in [-0.05, 0) is 43.2 Å². The number of benzene rings is 1. The molecule has 2 aromatic rings. The van der Waals surface area contributed by atoms with Crippen molar-refractivity contribution in [2.45, 2.75) is 46.4 Å². The molecule has 3 rings (SSSR count). The van der Waals surface area contributed by atoms with Crippen molar-refractivity contribution >= 4 is 11.9 Å². The van der Waals surface area contributed by atoms with E-state index >= 15 is 0 Å². The number of hydrogen-bond donors (Lipinski definition) is 2. The molecule has 0 radical (unpaired) electrons. The van der Waals surface area contributed by atoms with Crippen molar-refractivity contribution in [1.29, 1.82) is 0 Å². The number of aromatic nitrogens is 1. The van der Waals surface area contributed by atoms with Gasteiger partial charge < -0.3 is 20.3 Å². The van der Waals surface area contributed by atoms with Crippen LogP contribution in [-0.4, -0.2) is 47.4 Å². The lowest BCUT2D eigenvalue weighted by Gasteiger charge is -2.20. The minimum atomic E-state index is 0.0385.